The molecule has 2 bridgehead atoms. The summed E-state index contributed by atoms with van der Waals surface area (Å²) >= 11 is 0. The maximum Gasteiger partial charge on any atom is 0.0804 e. The minimum absolute atomic E-state index is 0.0816. The molecule has 11 heavy (non-hydrogen) atoms. The van der Waals surface area contributed by atoms with Gasteiger partial charge in [-0.15, -0.1) is 0 Å². The van der Waals surface area contributed by atoms with Crippen molar-refractivity contribution < 1.29 is 10.2 Å². The van der Waals surface area contributed by atoms with Crippen molar-refractivity contribution in [2.45, 2.75) is 18.9 Å². The largest absolute Gasteiger partial charge is 0.394 e. The number of fused-ring (bicyclic) bond motifs is 2. The lowest BCUT2D eigenvalue weighted by Gasteiger charge is -2.22. The standard InChI is InChI=1S/C9H14O2/c10-5-9(11)8-4-6-1-2-7(8)3-6/h1-2,6-11H,3-5H2. The highest BCUT2D eigenvalue weighted by Gasteiger charge is 2.38. The number of hydrogen-bond acceptors (Lipinski definition) is 2. The molecule has 1 saturated carbocycles. The van der Waals surface area contributed by atoms with Crippen molar-refractivity contribution in [1.29, 1.82) is 0 Å². The van der Waals surface area contributed by atoms with Gasteiger partial charge < -0.3 is 10.2 Å². The first-order valence-electron chi connectivity index (χ1n) is 4.28. The summed E-state index contributed by atoms with van der Waals surface area (Å²) in [7, 11) is 0. The molecule has 0 saturated heterocycles. The van der Waals surface area contributed by atoms with Crippen molar-refractivity contribution in [3.63, 3.8) is 0 Å². The molecule has 0 radical (unpaired) electrons. The van der Waals surface area contributed by atoms with Gasteiger partial charge >= 0.3 is 0 Å². The summed E-state index contributed by atoms with van der Waals surface area (Å²) in [4.78, 5) is 0. The predicted molar refractivity (Wildman–Crippen MR) is 41.9 cm³/mol. The molecule has 4 unspecified atom stereocenters. The van der Waals surface area contributed by atoms with Crippen molar-refractivity contribution in [3.8, 4) is 0 Å². The van der Waals surface area contributed by atoms with E-state index < -0.39 is 6.10 Å². The summed E-state index contributed by atoms with van der Waals surface area (Å²) in [6, 6.07) is 0. The van der Waals surface area contributed by atoms with Gasteiger partial charge in [0, 0.05) is 0 Å². The van der Waals surface area contributed by atoms with Crippen LogP contribution in [-0.2, 0) is 0 Å². The van der Waals surface area contributed by atoms with E-state index in [9.17, 15) is 5.11 Å². The zero-order chi connectivity index (χ0) is 7.84. The van der Waals surface area contributed by atoms with E-state index in [2.05, 4.69) is 12.2 Å². The van der Waals surface area contributed by atoms with Crippen LogP contribution < -0.4 is 0 Å². The molecule has 4 atom stereocenters. The minimum Gasteiger partial charge on any atom is -0.394 e. The Kier molecular flexibility index (Phi) is 1.74. The number of aliphatic hydroxyl groups excluding tert-OH is 2. The summed E-state index contributed by atoms with van der Waals surface area (Å²) < 4.78 is 0. The first-order valence-corrected chi connectivity index (χ1v) is 4.28. The van der Waals surface area contributed by atoms with Gasteiger partial charge in [-0.3, -0.25) is 0 Å². The van der Waals surface area contributed by atoms with Crippen LogP contribution in [-0.4, -0.2) is 22.9 Å². The van der Waals surface area contributed by atoms with Crippen LogP contribution in [0.1, 0.15) is 12.8 Å². The van der Waals surface area contributed by atoms with Crippen LogP contribution in [0.15, 0.2) is 12.2 Å². The average molecular weight is 154 g/mol. The van der Waals surface area contributed by atoms with Crippen LogP contribution in [0.4, 0.5) is 0 Å². The second-order valence-corrected chi connectivity index (χ2v) is 3.69. The van der Waals surface area contributed by atoms with Gasteiger partial charge in [0.25, 0.3) is 0 Å². The van der Waals surface area contributed by atoms with E-state index in [0.29, 0.717) is 17.8 Å². The number of rotatable bonds is 2. The van der Waals surface area contributed by atoms with Gasteiger partial charge in [0.15, 0.2) is 0 Å². The number of allylic oxidation sites excluding steroid dienone is 2. The Morgan fingerprint density at radius 3 is 2.64 bits per heavy atom. The number of aliphatic hydroxyl groups is 2. The quantitative estimate of drug-likeness (QED) is 0.570. The van der Waals surface area contributed by atoms with Gasteiger partial charge in [-0.1, -0.05) is 12.2 Å². The third-order valence-electron chi connectivity index (χ3n) is 3.01. The van der Waals surface area contributed by atoms with Crippen LogP contribution in [0.5, 0.6) is 0 Å². The molecule has 1 fully saturated rings. The fraction of sp³-hybridized carbons (Fsp3) is 0.778. The van der Waals surface area contributed by atoms with Crippen LogP contribution in [0.3, 0.4) is 0 Å². The van der Waals surface area contributed by atoms with Crippen LogP contribution >= 0.6 is 0 Å². The van der Waals surface area contributed by atoms with Crippen LogP contribution in [0.25, 0.3) is 0 Å². The molecule has 0 heterocycles. The Morgan fingerprint density at radius 1 is 1.36 bits per heavy atom. The second-order valence-electron chi connectivity index (χ2n) is 3.69. The van der Waals surface area contributed by atoms with E-state index in [0.717, 1.165) is 6.42 Å². The molecule has 0 spiro atoms. The van der Waals surface area contributed by atoms with Gasteiger partial charge in [-0.25, -0.2) is 0 Å². The van der Waals surface area contributed by atoms with Crippen molar-refractivity contribution >= 4 is 0 Å². The minimum atomic E-state index is -0.491. The maximum atomic E-state index is 9.40. The summed E-state index contributed by atoms with van der Waals surface area (Å²) in [6.45, 7) is -0.0816. The summed E-state index contributed by atoms with van der Waals surface area (Å²) in [6.07, 6.45) is 6.21. The molecular formula is C9H14O2. The first kappa shape index (κ1) is 7.32. The molecule has 62 valence electrons. The molecule has 2 rings (SSSR count). The van der Waals surface area contributed by atoms with E-state index >= 15 is 0 Å². The highest BCUT2D eigenvalue weighted by Crippen LogP contribution is 2.44. The van der Waals surface area contributed by atoms with Gasteiger partial charge in [0.05, 0.1) is 12.7 Å². The number of hydrogen-bond donors (Lipinski definition) is 2. The Bertz CT molecular complexity index is 176. The fourth-order valence-electron chi connectivity index (χ4n) is 2.40. The van der Waals surface area contributed by atoms with E-state index in [1.165, 1.54) is 6.42 Å². The van der Waals surface area contributed by atoms with Crippen molar-refractivity contribution in [2.75, 3.05) is 6.61 Å². The lowest BCUT2D eigenvalue weighted by Crippen LogP contribution is -2.27. The normalized spacial score (nSPS) is 43.3. The Morgan fingerprint density at radius 2 is 2.18 bits per heavy atom. The first-order chi connectivity index (χ1) is 5.31. The molecular weight excluding hydrogens is 140 g/mol. The van der Waals surface area contributed by atoms with E-state index in [1.54, 1.807) is 0 Å². The van der Waals surface area contributed by atoms with Gasteiger partial charge in [0.1, 0.15) is 0 Å². The summed E-state index contributed by atoms with van der Waals surface area (Å²) in [5, 5.41) is 18.1. The molecule has 2 N–H and O–H groups in total. The van der Waals surface area contributed by atoms with E-state index in [1.807, 2.05) is 0 Å². The van der Waals surface area contributed by atoms with E-state index in [-0.39, 0.29) is 6.61 Å². The summed E-state index contributed by atoms with van der Waals surface area (Å²) in [5.74, 6) is 1.56. The van der Waals surface area contributed by atoms with Crippen LogP contribution in [0, 0.1) is 17.8 Å². The highest BCUT2D eigenvalue weighted by molar-refractivity contribution is 5.11. The third-order valence-corrected chi connectivity index (χ3v) is 3.01. The molecule has 0 aromatic rings. The second kappa shape index (κ2) is 2.61. The zero-order valence-electron chi connectivity index (χ0n) is 6.48. The molecule has 2 aliphatic rings. The van der Waals surface area contributed by atoms with E-state index in [4.69, 9.17) is 5.11 Å². The highest BCUT2D eigenvalue weighted by atomic mass is 16.3. The zero-order valence-corrected chi connectivity index (χ0v) is 6.48. The van der Waals surface area contributed by atoms with Gasteiger partial charge in [-0.05, 0) is 30.6 Å². The van der Waals surface area contributed by atoms with Crippen LogP contribution in [0.2, 0.25) is 0 Å². The topological polar surface area (TPSA) is 40.5 Å². The van der Waals surface area contributed by atoms with Gasteiger partial charge in [-0.2, -0.15) is 0 Å². The van der Waals surface area contributed by atoms with Crippen molar-refractivity contribution in [2.24, 2.45) is 17.8 Å². The van der Waals surface area contributed by atoms with Crippen molar-refractivity contribution in [1.82, 2.24) is 0 Å². The molecule has 0 aliphatic heterocycles. The molecule has 2 nitrogen and oxygen atoms in total. The SMILES string of the molecule is OCC(O)C1CC2C=CC1C2. The third kappa shape index (κ3) is 1.10. The monoisotopic (exact) mass is 154 g/mol. The molecule has 2 heteroatoms. The Labute approximate surface area is 66.5 Å². The fourth-order valence-corrected chi connectivity index (χ4v) is 2.40. The Hall–Kier alpha value is -0.340. The van der Waals surface area contributed by atoms with Crippen molar-refractivity contribution in [3.05, 3.63) is 12.2 Å². The maximum absolute atomic E-state index is 9.40. The van der Waals surface area contributed by atoms with Gasteiger partial charge in [0.2, 0.25) is 0 Å². The molecule has 0 amide bonds. The summed E-state index contributed by atoms with van der Waals surface area (Å²) in [5.41, 5.74) is 0. The average Bonchev–Trinajstić information content (AvgIpc) is 2.62. The molecule has 2 aliphatic carbocycles. The Balaban J connectivity index is 2.02. The lowest BCUT2D eigenvalue weighted by molar-refractivity contribution is 0.0374. The smallest absolute Gasteiger partial charge is 0.0804 e. The lowest BCUT2D eigenvalue weighted by atomic mass is 9.89. The molecule has 0 aromatic carbocycles. The molecule has 0 aromatic heterocycles. The predicted octanol–water partition coefficient (Wildman–Crippen LogP) is 0.552.